The van der Waals surface area contributed by atoms with Crippen molar-refractivity contribution >= 4 is 12.6 Å². The van der Waals surface area contributed by atoms with E-state index in [-0.39, 0.29) is 19.3 Å². The smallest absolute Gasteiger partial charge is 0.405 e. The topological polar surface area (TPSA) is 18.5 Å². The van der Waals surface area contributed by atoms with Gasteiger partial charge in [0.1, 0.15) is 0 Å². The molecule has 2 unspecified atom stereocenters. The third-order valence-corrected chi connectivity index (χ3v) is 2.45. The van der Waals surface area contributed by atoms with E-state index in [2.05, 4.69) is 13.8 Å². The van der Waals surface area contributed by atoms with E-state index < -0.39 is 0 Å². The van der Waals surface area contributed by atoms with Crippen LogP contribution in [0.25, 0.3) is 0 Å². The summed E-state index contributed by atoms with van der Waals surface area (Å²) in [4.78, 5) is 0. The lowest BCUT2D eigenvalue weighted by Crippen LogP contribution is -2.46. The first kappa shape index (κ1) is 21.5. The standard InChI is InChI=1S/C11H15BO2.3C2H6/c1-9-8-10(2)14-12(13-9)11-6-4-3-5-7-11;3*1-2/h3-7,9-10H,8H2,1-2H3;3*1-2H3. The van der Waals surface area contributed by atoms with Crippen LogP contribution in [0.3, 0.4) is 0 Å². The Kier molecular flexibility index (Phi) is 15.7. The quantitative estimate of drug-likeness (QED) is 0.696. The third kappa shape index (κ3) is 8.39. The molecule has 1 aromatic carbocycles. The first-order chi connectivity index (χ1) is 9.75. The molecule has 2 nitrogen and oxygen atoms in total. The summed E-state index contributed by atoms with van der Waals surface area (Å²) in [6, 6.07) is 10.1. The van der Waals surface area contributed by atoms with Gasteiger partial charge in [-0.2, -0.15) is 0 Å². The summed E-state index contributed by atoms with van der Waals surface area (Å²) in [5, 5.41) is 0. The van der Waals surface area contributed by atoms with Crippen LogP contribution >= 0.6 is 0 Å². The van der Waals surface area contributed by atoms with Gasteiger partial charge in [-0.3, -0.25) is 0 Å². The zero-order chi connectivity index (χ0) is 16.0. The lowest BCUT2D eigenvalue weighted by molar-refractivity contribution is 0.0403. The van der Waals surface area contributed by atoms with Gasteiger partial charge in [-0.05, 0) is 25.7 Å². The molecule has 2 rings (SSSR count). The van der Waals surface area contributed by atoms with Crippen LogP contribution in [-0.2, 0) is 9.31 Å². The minimum absolute atomic E-state index is 0.185. The van der Waals surface area contributed by atoms with Gasteiger partial charge in [-0.15, -0.1) is 0 Å². The zero-order valence-electron chi connectivity index (χ0n) is 14.6. The van der Waals surface area contributed by atoms with Crippen molar-refractivity contribution in [2.45, 2.75) is 74.0 Å². The van der Waals surface area contributed by atoms with Gasteiger partial charge in [0.15, 0.2) is 0 Å². The van der Waals surface area contributed by atoms with E-state index in [1.807, 2.05) is 71.9 Å². The van der Waals surface area contributed by atoms with Crippen LogP contribution in [-0.4, -0.2) is 19.3 Å². The third-order valence-electron chi connectivity index (χ3n) is 2.45. The molecule has 0 aliphatic carbocycles. The first-order valence-electron chi connectivity index (χ1n) is 8.11. The highest BCUT2D eigenvalue weighted by Gasteiger charge is 2.31. The molecule has 3 heteroatoms. The normalized spacial score (nSPS) is 20.3. The molecular weight excluding hydrogens is 247 g/mol. The van der Waals surface area contributed by atoms with Crippen LogP contribution < -0.4 is 5.46 Å². The Bertz CT molecular complexity index is 280. The highest BCUT2D eigenvalue weighted by Crippen LogP contribution is 2.15. The molecule has 1 aliphatic rings. The monoisotopic (exact) mass is 280 g/mol. The van der Waals surface area contributed by atoms with Crippen LogP contribution in [0.5, 0.6) is 0 Å². The van der Waals surface area contributed by atoms with Crippen molar-refractivity contribution in [1.29, 1.82) is 0 Å². The minimum Gasteiger partial charge on any atom is -0.405 e. The molecule has 0 N–H and O–H groups in total. The number of hydrogen-bond donors (Lipinski definition) is 0. The molecule has 1 heterocycles. The predicted octanol–water partition coefficient (Wildman–Crippen LogP) is 4.67. The van der Waals surface area contributed by atoms with E-state index in [9.17, 15) is 0 Å². The van der Waals surface area contributed by atoms with Gasteiger partial charge in [0.05, 0.1) is 0 Å². The predicted molar refractivity (Wildman–Crippen MR) is 91.6 cm³/mol. The largest absolute Gasteiger partial charge is 0.494 e. The van der Waals surface area contributed by atoms with Gasteiger partial charge in [0.2, 0.25) is 0 Å². The fourth-order valence-electron chi connectivity index (χ4n) is 1.80. The van der Waals surface area contributed by atoms with Crippen LogP contribution in [0, 0.1) is 0 Å². The highest BCUT2D eigenvalue weighted by atomic mass is 16.6. The molecule has 0 spiro atoms. The Labute approximate surface area is 127 Å². The minimum atomic E-state index is -0.185. The van der Waals surface area contributed by atoms with Crippen molar-refractivity contribution in [1.82, 2.24) is 0 Å². The van der Waals surface area contributed by atoms with Crippen LogP contribution in [0.4, 0.5) is 0 Å². The molecule has 1 aliphatic heterocycles. The van der Waals surface area contributed by atoms with Crippen LogP contribution in [0.1, 0.15) is 61.8 Å². The fourth-order valence-corrected chi connectivity index (χ4v) is 1.80. The molecule has 0 bridgehead atoms. The van der Waals surface area contributed by atoms with Crippen molar-refractivity contribution in [3.05, 3.63) is 30.3 Å². The Morgan fingerprint density at radius 3 is 1.60 bits per heavy atom. The van der Waals surface area contributed by atoms with E-state index in [0.29, 0.717) is 0 Å². The van der Waals surface area contributed by atoms with Gasteiger partial charge < -0.3 is 9.31 Å². The van der Waals surface area contributed by atoms with Crippen molar-refractivity contribution < 1.29 is 9.31 Å². The van der Waals surface area contributed by atoms with Crippen molar-refractivity contribution in [2.24, 2.45) is 0 Å². The molecule has 2 atom stereocenters. The second kappa shape index (κ2) is 14.6. The molecule has 1 fully saturated rings. The van der Waals surface area contributed by atoms with E-state index in [4.69, 9.17) is 9.31 Å². The van der Waals surface area contributed by atoms with E-state index in [1.165, 1.54) is 0 Å². The Morgan fingerprint density at radius 1 is 0.800 bits per heavy atom. The van der Waals surface area contributed by atoms with Crippen molar-refractivity contribution in [2.75, 3.05) is 0 Å². The summed E-state index contributed by atoms with van der Waals surface area (Å²) in [6.07, 6.45) is 1.54. The second-order valence-electron chi connectivity index (χ2n) is 3.87. The zero-order valence-corrected chi connectivity index (χ0v) is 14.6. The van der Waals surface area contributed by atoms with Gasteiger partial charge >= 0.3 is 7.12 Å². The molecule has 0 aromatic heterocycles. The number of benzene rings is 1. The molecule has 116 valence electrons. The summed E-state index contributed by atoms with van der Waals surface area (Å²) >= 11 is 0. The van der Waals surface area contributed by atoms with Crippen LogP contribution in [0.2, 0.25) is 0 Å². The fraction of sp³-hybridized carbons (Fsp3) is 0.647. The number of hydrogen-bond acceptors (Lipinski definition) is 2. The Morgan fingerprint density at radius 2 is 1.20 bits per heavy atom. The average Bonchev–Trinajstić information content (AvgIpc) is 2.53. The van der Waals surface area contributed by atoms with Gasteiger partial charge in [-0.25, -0.2) is 0 Å². The second-order valence-corrected chi connectivity index (χ2v) is 3.87. The Balaban J connectivity index is 0. The highest BCUT2D eigenvalue weighted by molar-refractivity contribution is 6.61. The van der Waals surface area contributed by atoms with E-state index in [1.54, 1.807) is 0 Å². The summed E-state index contributed by atoms with van der Waals surface area (Å²) in [5.41, 5.74) is 1.10. The SMILES string of the molecule is CC.CC.CC.CC1CC(C)OB(c2ccccc2)O1. The molecule has 0 amide bonds. The van der Waals surface area contributed by atoms with E-state index >= 15 is 0 Å². The van der Waals surface area contributed by atoms with E-state index in [0.717, 1.165) is 11.9 Å². The lowest BCUT2D eigenvalue weighted by atomic mass is 9.77. The molecular formula is C17H33BO2. The van der Waals surface area contributed by atoms with Gasteiger partial charge in [0, 0.05) is 12.2 Å². The molecule has 1 saturated heterocycles. The first-order valence-corrected chi connectivity index (χ1v) is 8.11. The summed E-state index contributed by atoms with van der Waals surface area (Å²) in [6.45, 7) is 16.2. The maximum atomic E-state index is 5.72. The molecule has 0 saturated carbocycles. The molecule has 1 aromatic rings. The maximum Gasteiger partial charge on any atom is 0.494 e. The molecule has 20 heavy (non-hydrogen) atoms. The summed E-state index contributed by atoms with van der Waals surface area (Å²) < 4.78 is 11.4. The lowest BCUT2D eigenvalue weighted by Gasteiger charge is -2.30. The van der Waals surface area contributed by atoms with Crippen LogP contribution in [0.15, 0.2) is 30.3 Å². The molecule has 0 radical (unpaired) electrons. The maximum absolute atomic E-state index is 5.72. The van der Waals surface area contributed by atoms with Crippen molar-refractivity contribution in [3.63, 3.8) is 0 Å². The van der Waals surface area contributed by atoms with Gasteiger partial charge in [0.25, 0.3) is 0 Å². The summed E-state index contributed by atoms with van der Waals surface area (Å²) in [5.74, 6) is 0. The average molecular weight is 280 g/mol. The summed E-state index contributed by atoms with van der Waals surface area (Å²) in [7, 11) is -0.185. The number of rotatable bonds is 1. The Hall–Kier alpha value is -0.795. The van der Waals surface area contributed by atoms with Gasteiger partial charge in [-0.1, -0.05) is 71.9 Å². The van der Waals surface area contributed by atoms with Crippen molar-refractivity contribution in [3.8, 4) is 0 Å².